The minimum atomic E-state index is -0.196. The SMILES string of the molecule is CCOC(=O)C(CCN(C)C(C)CC(C)C)NC. The van der Waals surface area contributed by atoms with E-state index in [2.05, 4.69) is 38.0 Å². The normalized spacial score (nSPS) is 14.9. The largest absolute Gasteiger partial charge is 0.465 e. The summed E-state index contributed by atoms with van der Waals surface area (Å²) in [7, 11) is 3.92. The van der Waals surface area contributed by atoms with Crippen LogP contribution in [-0.4, -0.2) is 50.2 Å². The minimum absolute atomic E-state index is 0.148. The van der Waals surface area contributed by atoms with Gasteiger partial charge < -0.3 is 15.0 Å². The maximum absolute atomic E-state index is 11.6. The third kappa shape index (κ3) is 6.97. The minimum Gasteiger partial charge on any atom is -0.465 e. The van der Waals surface area contributed by atoms with Crippen molar-refractivity contribution in [2.45, 2.75) is 52.6 Å². The van der Waals surface area contributed by atoms with Crippen LogP contribution < -0.4 is 5.32 Å². The van der Waals surface area contributed by atoms with E-state index >= 15 is 0 Å². The van der Waals surface area contributed by atoms with Crippen LogP contribution in [0, 0.1) is 5.92 Å². The van der Waals surface area contributed by atoms with Crippen molar-refractivity contribution in [1.82, 2.24) is 10.2 Å². The molecule has 0 aliphatic rings. The fraction of sp³-hybridized carbons (Fsp3) is 0.929. The Morgan fingerprint density at radius 1 is 1.33 bits per heavy atom. The van der Waals surface area contributed by atoms with E-state index in [0.29, 0.717) is 18.6 Å². The number of nitrogens with one attached hydrogen (secondary N) is 1. The van der Waals surface area contributed by atoms with Crippen LogP contribution in [-0.2, 0) is 9.53 Å². The van der Waals surface area contributed by atoms with E-state index in [4.69, 9.17) is 4.74 Å². The molecule has 0 aromatic carbocycles. The highest BCUT2D eigenvalue weighted by Gasteiger charge is 2.19. The lowest BCUT2D eigenvalue weighted by atomic mass is 10.0. The summed E-state index contributed by atoms with van der Waals surface area (Å²) in [5.41, 5.74) is 0. The predicted molar refractivity (Wildman–Crippen MR) is 75.6 cm³/mol. The molecule has 18 heavy (non-hydrogen) atoms. The zero-order chi connectivity index (χ0) is 14.1. The molecule has 108 valence electrons. The van der Waals surface area contributed by atoms with Crippen LogP contribution >= 0.6 is 0 Å². The van der Waals surface area contributed by atoms with Gasteiger partial charge in [0.2, 0.25) is 0 Å². The average Bonchev–Trinajstić information content (AvgIpc) is 2.28. The van der Waals surface area contributed by atoms with Crippen molar-refractivity contribution in [3.05, 3.63) is 0 Å². The molecule has 4 heteroatoms. The van der Waals surface area contributed by atoms with E-state index in [9.17, 15) is 4.79 Å². The summed E-state index contributed by atoms with van der Waals surface area (Å²) in [6.45, 7) is 9.88. The van der Waals surface area contributed by atoms with Gasteiger partial charge in [-0.1, -0.05) is 13.8 Å². The third-order valence-corrected chi connectivity index (χ3v) is 3.26. The van der Waals surface area contributed by atoms with Crippen LogP contribution in [0.1, 0.15) is 40.5 Å². The van der Waals surface area contributed by atoms with E-state index in [1.807, 2.05) is 6.92 Å². The maximum atomic E-state index is 11.6. The summed E-state index contributed by atoms with van der Waals surface area (Å²) in [4.78, 5) is 13.9. The van der Waals surface area contributed by atoms with E-state index < -0.39 is 0 Å². The van der Waals surface area contributed by atoms with Gasteiger partial charge >= 0.3 is 5.97 Å². The van der Waals surface area contributed by atoms with Gasteiger partial charge in [-0.3, -0.25) is 4.79 Å². The molecule has 1 N–H and O–H groups in total. The molecular weight excluding hydrogens is 228 g/mol. The highest BCUT2D eigenvalue weighted by Crippen LogP contribution is 2.10. The molecule has 0 amide bonds. The first kappa shape index (κ1) is 17.4. The molecule has 0 saturated carbocycles. The number of likely N-dealkylation sites (N-methyl/N-ethyl adjacent to an activating group) is 1. The van der Waals surface area contributed by atoms with Crippen molar-refractivity contribution in [3.63, 3.8) is 0 Å². The van der Waals surface area contributed by atoms with E-state index in [-0.39, 0.29) is 12.0 Å². The summed E-state index contributed by atoms with van der Waals surface area (Å²) in [5.74, 6) is 0.553. The van der Waals surface area contributed by atoms with Gasteiger partial charge in [0.1, 0.15) is 6.04 Å². The van der Waals surface area contributed by atoms with Crippen LogP contribution in [0.2, 0.25) is 0 Å². The Balaban J connectivity index is 4.07. The number of nitrogens with zero attached hydrogens (tertiary/aromatic N) is 1. The van der Waals surface area contributed by atoms with E-state index in [1.54, 1.807) is 7.05 Å². The first-order valence-electron chi connectivity index (χ1n) is 6.96. The Labute approximate surface area is 112 Å². The summed E-state index contributed by atoms with van der Waals surface area (Å²) in [6, 6.07) is 0.350. The van der Waals surface area contributed by atoms with Gasteiger partial charge in [0.15, 0.2) is 0 Å². The number of ether oxygens (including phenoxy) is 1. The highest BCUT2D eigenvalue weighted by molar-refractivity contribution is 5.75. The van der Waals surface area contributed by atoms with Crippen LogP contribution in [0.3, 0.4) is 0 Å². The fourth-order valence-electron chi connectivity index (χ4n) is 2.04. The van der Waals surface area contributed by atoms with Gasteiger partial charge in [-0.05, 0) is 46.7 Å². The Morgan fingerprint density at radius 3 is 2.39 bits per heavy atom. The molecule has 0 bridgehead atoms. The molecule has 0 saturated heterocycles. The topological polar surface area (TPSA) is 41.6 Å². The molecule has 0 rings (SSSR count). The zero-order valence-corrected chi connectivity index (χ0v) is 12.8. The summed E-state index contributed by atoms with van der Waals surface area (Å²) in [5, 5.41) is 3.02. The molecule has 2 atom stereocenters. The second-order valence-corrected chi connectivity index (χ2v) is 5.34. The van der Waals surface area contributed by atoms with Gasteiger partial charge in [0.25, 0.3) is 0 Å². The van der Waals surface area contributed by atoms with E-state index in [0.717, 1.165) is 13.0 Å². The van der Waals surface area contributed by atoms with E-state index in [1.165, 1.54) is 6.42 Å². The van der Waals surface area contributed by atoms with Crippen molar-refractivity contribution in [2.75, 3.05) is 27.2 Å². The van der Waals surface area contributed by atoms with Crippen LogP contribution in [0.5, 0.6) is 0 Å². The number of carbonyl (C=O) groups excluding carboxylic acids is 1. The van der Waals surface area contributed by atoms with Crippen molar-refractivity contribution >= 4 is 5.97 Å². The first-order valence-corrected chi connectivity index (χ1v) is 6.96. The fourth-order valence-corrected chi connectivity index (χ4v) is 2.04. The lowest BCUT2D eigenvalue weighted by molar-refractivity contribution is -0.145. The van der Waals surface area contributed by atoms with Gasteiger partial charge in [-0.25, -0.2) is 0 Å². The van der Waals surface area contributed by atoms with Crippen molar-refractivity contribution in [1.29, 1.82) is 0 Å². The molecule has 0 aliphatic carbocycles. The molecule has 4 nitrogen and oxygen atoms in total. The van der Waals surface area contributed by atoms with Gasteiger partial charge in [-0.2, -0.15) is 0 Å². The second kappa shape index (κ2) is 9.34. The first-order chi connectivity index (χ1) is 8.42. The molecular formula is C14H30N2O2. The van der Waals surface area contributed by atoms with Crippen LogP contribution in [0.25, 0.3) is 0 Å². The Bertz CT molecular complexity index is 232. The molecule has 0 aromatic rings. The Morgan fingerprint density at radius 2 is 1.94 bits per heavy atom. The van der Waals surface area contributed by atoms with Gasteiger partial charge in [0, 0.05) is 12.6 Å². The summed E-state index contributed by atoms with van der Waals surface area (Å²) < 4.78 is 5.03. The number of hydrogen-bond donors (Lipinski definition) is 1. The quantitative estimate of drug-likeness (QED) is 0.641. The van der Waals surface area contributed by atoms with Crippen LogP contribution in [0.15, 0.2) is 0 Å². The van der Waals surface area contributed by atoms with Crippen LogP contribution in [0.4, 0.5) is 0 Å². The van der Waals surface area contributed by atoms with Crippen molar-refractivity contribution in [3.8, 4) is 0 Å². The predicted octanol–water partition coefficient (Wildman–Crippen LogP) is 1.89. The monoisotopic (exact) mass is 258 g/mol. The molecule has 0 aromatic heterocycles. The van der Waals surface area contributed by atoms with Crippen molar-refractivity contribution < 1.29 is 9.53 Å². The molecule has 0 heterocycles. The second-order valence-electron chi connectivity index (χ2n) is 5.34. The smallest absolute Gasteiger partial charge is 0.323 e. The zero-order valence-electron chi connectivity index (χ0n) is 12.8. The number of hydrogen-bond acceptors (Lipinski definition) is 4. The number of rotatable bonds is 9. The highest BCUT2D eigenvalue weighted by atomic mass is 16.5. The lowest BCUT2D eigenvalue weighted by Crippen LogP contribution is -2.40. The Kier molecular flexibility index (Phi) is 9.02. The standard InChI is InChI=1S/C14H30N2O2/c1-7-18-14(17)13(15-5)8-9-16(6)12(4)10-11(2)3/h11-13,15H,7-10H2,1-6H3. The molecule has 0 fully saturated rings. The molecule has 0 aliphatic heterocycles. The van der Waals surface area contributed by atoms with Gasteiger partial charge in [-0.15, -0.1) is 0 Å². The third-order valence-electron chi connectivity index (χ3n) is 3.26. The maximum Gasteiger partial charge on any atom is 0.323 e. The number of esters is 1. The lowest BCUT2D eigenvalue weighted by Gasteiger charge is -2.27. The van der Waals surface area contributed by atoms with Crippen molar-refractivity contribution in [2.24, 2.45) is 5.92 Å². The molecule has 0 radical (unpaired) electrons. The average molecular weight is 258 g/mol. The Hall–Kier alpha value is -0.610. The molecule has 2 unspecified atom stereocenters. The molecule has 0 spiro atoms. The summed E-state index contributed by atoms with van der Waals surface area (Å²) >= 11 is 0. The summed E-state index contributed by atoms with van der Waals surface area (Å²) in [6.07, 6.45) is 1.97. The van der Waals surface area contributed by atoms with Gasteiger partial charge in [0.05, 0.1) is 6.61 Å². The number of carbonyl (C=O) groups is 1.